The molecule has 0 fully saturated rings. The molecule has 3 rings (SSSR count). The average molecular weight is 372 g/mol. The molecule has 1 aromatic carbocycles. The van der Waals surface area contributed by atoms with Crippen molar-refractivity contribution in [3.63, 3.8) is 0 Å². The van der Waals surface area contributed by atoms with E-state index in [9.17, 15) is 9.59 Å². The molecule has 0 aliphatic carbocycles. The van der Waals surface area contributed by atoms with Crippen molar-refractivity contribution in [1.29, 1.82) is 0 Å². The topological polar surface area (TPSA) is 84.0 Å². The normalized spacial score (nSPS) is 10.6. The van der Waals surface area contributed by atoms with Crippen LogP contribution < -0.4 is 10.6 Å². The molecule has 0 unspecified atom stereocenters. The van der Waals surface area contributed by atoms with Gasteiger partial charge < -0.3 is 5.32 Å². The van der Waals surface area contributed by atoms with Crippen LogP contribution in [0.1, 0.15) is 10.7 Å². The zero-order valence-corrected chi connectivity index (χ0v) is 15.1. The Hall–Kier alpha value is -2.45. The third-order valence-corrected chi connectivity index (χ3v) is 5.14. The monoisotopic (exact) mass is 372 g/mol. The summed E-state index contributed by atoms with van der Waals surface area (Å²) >= 11 is 2.84. The molecule has 6 nitrogen and oxygen atoms in total. The van der Waals surface area contributed by atoms with E-state index in [2.05, 4.69) is 20.6 Å². The van der Waals surface area contributed by atoms with E-state index in [0.29, 0.717) is 12.4 Å². The number of carbonyl (C=O) groups is 2. The summed E-state index contributed by atoms with van der Waals surface area (Å²) in [6, 6.07) is 11.0. The molecule has 0 saturated carbocycles. The first-order valence-electron chi connectivity index (χ1n) is 7.58. The predicted octanol–water partition coefficient (Wildman–Crippen LogP) is 3.12. The van der Waals surface area contributed by atoms with Crippen LogP contribution in [0, 0.1) is 6.92 Å². The molecule has 0 radical (unpaired) electrons. The quantitative estimate of drug-likeness (QED) is 0.531. The summed E-state index contributed by atoms with van der Waals surface area (Å²) in [6.07, 6.45) is 0. The molecule has 2 aromatic heterocycles. The SMILES string of the molecule is Cc1nc(SCC(=O)NC(=O)NCc2cccs2)c2ccccc2n1. The maximum absolute atomic E-state index is 12.0. The number of hydrogen-bond donors (Lipinski definition) is 2. The van der Waals surface area contributed by atoms with E-state index in [4.69, 9.17) is 0 Å². The number of imide groups is 1. The zero-order chi connectivity index (χ0) is 17.6. The highest BCUT2D eigenvalue weighted by molar-refractivity contribution is 8.00. The molecular formula is C17H16N4O2S2. The van der Waals surface area contributed by atoms with Crippen LogP contribution in [0.25, 0.3) is 10.9 Å². The van der Waals surface area contributed by atoms with E-state index in [-0.39, 0.29) is 11.7 Å². The van der Waals surface area contributed by atoms with Crippen molar-refractivity contribution in [3.8, 4) is 0 Å². The number of aromatic nitrogens is 2. The molecule has 2 N–H and O–H groups in total. The van der Waals surface area contributed by atoms with E-state index in [0.717, 1.165) is 20.8 Å². The molecule has 0 aliphatic heterocycles. The lowest BCUT2D eigenvalue weighted by atomic mass is 10.2. The molecular weight excluding hydrogens is 356 g/mol. The first kappa shape index (κ1) is 17.4. The van der Waals surface area contributed by atoms with Crippen LogP contribution in [-0.4, -0.2) is 27.7 Å². The number of carbonyl (C=O) groups excluding carboxylic acids is 2. The number of aryl methyl sites for hydroxylation is 1. The predicted molar refractivity (Wildman–Crippen MR) is 99.7 cm³/mol. The van der Waals surface area contributed by atoms with Gasteiger partial charge in [-0.25, -0.2) is 14.8 Å². The molecule has 25 heavy (non-hydrogen) atoms. The van der Waals surface area contributed by atoms with E-state index in [1.54, 1.807) is 11.3 Å². The molecule has 0 saturated heterocycles. The number of nitrogens with zero attached hydrogens (tertiary/aromatic N) is 2. The van der Waals surface area contributed by atoms with E-state index < -0.39 is 6.03 Å². The minimum absolute atomic E-state index is 0.104. The Kier molecular flexibility index (Phi) is 5.62. The Labute approximate surface area is 153 Å². The number of hydrogen-bond acceptors (Lipinski definition) is 6. The highest BCUT2D eigenvalue weighted by atomic mass is 32.2. The Balaban J connectivity index is 1.54. The first-order valence-corrected chi connectivity index (χ1v) is 9.44. The van der Waals surface area contributed by atoms with Gasteiger partial charge in [-0.2, -0.15) is 0 Å². The maximum Gasteiger partial charge on any atom is 0.321 e. The van der Waals surface area contributed by atoms with Gasteiger partial charge in [-0.05, 0) is 24.4 Å². The van der Waals surface area contributed by atoms with Crippen LogP contribution in [-0.2, 0) is 11.3 Å². The van der Waals surface area contributed by atoms with Crippen molar-refractivity contribution < 1.29 is 9.59 Å². The van der Waals surface area contributed by atoms with E-state index >= 15 is 0 Å². The largest absolute Gasteiger partial charge is 0.333 e. The number of urea groups is 1. The molecule has 8 heteroatoms. The summed E-state index contributed by atoms with van der Waals surface area (Å²) in [6.45, 7) is 2.22. The van der Waals surface area contributed by atoms with Crippen LogP contribution in [0.4, 0.5) is 4.79 Å². The number of para-hydroxylation sites is 1. The van der Waals surface area contributed by atoms with Gasteiger partial charge in [0.15, 0.2) is 0 Å². The third kappa shape index (κ3) is 4.77. The molecule has 0 aliphatic rings. The lowest BCUT2D eigenvalue weighted by molar-refractivity contribution is -0.117. The van der Waals surface area contributed by atoms with Crippen molar-refractivity contribution in [2.24, 2.45) is 0 Å². The number of benzene rings is 1. The minimum Gasteiger partial charge on any atom is -0.333 e. The van der Waals surface area contributed by atoms with Gasteiger partial charge in [0.05, 0.1) is 17.8 Å². The number of thioether (sulfide) groups is 1. The fourth-order valence-electron chi connectivity index (χ4n) is 2.19. The van der Waals surface area contributed by atoms with Crippen LogP contribution in [0.5, 0.6) is 0 Å². The highest BCUT2D eigenvalue weighted by Gasteiger charge is 2.11. The molecule has 3 amide bonds. The van der Waals surface area contributed by atoms with Crippen LogP contribution in [0.15, 0.2) is 46.8 Å². The molecule has 128 valence electrons. The number of rotatable bonds is 5. The van der Waals surface area contributed by atoms with Crippen molar-refractivity contribution in [1.82, 2.24) is 20.6 Å². The second-order valence-corrected chi connectivity index (χ2v) is 7.19. The van der Waals surface area contributed by atoms with E-state index in [1.165, 1.54) is 11.8 Å². The smallest absolute Gasteiger partial charge is 0.321 e. The molecule has 0 spiro atoms. The number of fused-ring (bicyclic) bond motifs is 1. The fraction of sp³-hybridized carbons (Fsp3) is 0.176. The summed E-state index contributed by atoms with van der Waals surface area (Å²) in [5, 5.41) is 8.55. The number of amides is 3. The standard InChI is InChI=1S/C17H16N4O2S2/c1-11-19-14-7-3-2-6-13(14)16(20-11)25-10-15(22)21-17(23)18-9-12-5-4-8-24-12/h2-8H,9-10H2,1H3,(H2,18,21,22,23). The molecule has 0 atom stereocenters. The molecule has 2 heterocycles. The number of nitrogens with one attached hydrogen (secondary N) is 2. The van der Waals surface area contributed by atoms with Gasteiger partial charge >= 0.3 is 6.03 Å². The summed E-state index contributed by atoms with van der Waals surface area (Å²) in [7, 11) is 0. The van der Waals surface area contributed by atoms with Gasteiger partial charge in [0.25, 0.3) is 0 Å². The summed E-state index contributed by atoms with van der Waals surface area (Å²) < 4.78 is 0. The third-order valence-electron chi connectivity index (χ3n) is 3.28. The fourth-order valence-corrected chi connectivity index (χ4v) is 3.70. The minimum atomic E-state index is -0.497. The second-order valence-electron chi connectivity index (χ2n) is 5.19. The van der Waals surface area contributed by atoms with Gasteiger partial charge in [0.2, 0.25) is 5.91 Å². The average Bonchev–Trinajstić information content (AvgIpc) is 3.11. The Morgan fingerprint density at radius 2 is 2.00 bits per heavy atom. The Morgan fingerprint density at radius 1 is 1.16 bits per heavy atom. The van der Waals surface area contributed by atoms with Crippen molar-refractivity contribution in [2.75, 3.05) is 5.75 Å². The summed E-state index contributed by atoms with van der Waals surface area (Å²) in [5.41, 5.74) is 0.839. The lowest BCUT2D eigenvalue weighted by Gasteiger charge is -2.07. The van der Waals surface area contributed by atoms with Crippen molar-refractivity contribution in [3.05, 3.63) is 52.5 Å². The van der Waals surface area contributed by atoms with Crippen molar-refractivity contribution >= 4 is 45.9 Å². The Bertz CT molecular complexity index is 897. The Morgan fingerprint density at radius 3 is 2.80 bits per heavy atom. The number of thiophene rings is 1. The highest BCUT2D eigenvalue weighted by Crippen LogP contribution is 2.24. The van der Waals surface area contributed by atoms with Crippen LogP contribution in [0.2, 0.25) is 0 Å². The first-order chi connectivity index (χ1) is 12.1. The molecule has 3 aromatic rings. The zero-order valence-electron chi connectivity index (χ0n) is 13.5. The summed E-state index contributed by atoms with van der Waals surface area (Å²) in [5.74, 6) is 0.386. The van der Waals surface area contributed by atoms with Gasteiger partial charge in [0, 0.05) is 10.3 Å². The molecule has 0 bridgehead atoms. The van der Waals surface area contributed by atoms with Gasteiger partial charge in [-0.15, -0.1) is 11.3 Å². The van der Waals surface area contributed by atoms with Crippen LogP contribution >= 0.6 is 23.1 Å². The van der Waals surface area contributed by atoms with Gasteiger partial charge in [-0.3, -0.25) is 10.1 Å². The second kappa shape index (κ2) is 8.09. The lowest BCUT2D eigenvalue weighted by Crippen LogP contribution is -2.39. The maximum atomic E-state index is 12.0. The van der Waals surface area contributed by atoms with Crippen molar-refractivity contribution in [2.45, 2.75) is 18.5 Å². The summed E-state index contributed by atoms with van der Waals surface area (Å²) in [4.78, 5) is 33.5. The van der Waals surface area contributed by atoms with Gasteiger partial charge in [-0.1, -0.05) is 36.0 Å². The van der Waals surface area contributed by atoms with E-state index in [1.807, 2.05) is 48.7 Å². The van der Waals surface area contributed by atoms with Crippen LogP contribution in [0.3, 0.4) is 0 Å². The van der Waals surface area contributed by atoms with Gasteiger partial charge in [0.1, 0.15) is 10.9 Å².